The summed E-state index contributed by atoms with van der Waals surface area (Å²) in [6.45, 7) is 3.92. The Hall–Kier alpha value is -1.88. The summed E-state index contributed by atoms with van der Waals surface area (Å²) in [7, 11) is 0. The summed E-state index contributed by atoms with van der Waals surface area (Å²) in [6, 6.07) is 7.93. The molecule has 0 fully saturated rings. The number of hydrogen-bond donors (Lipinski definition) is 1. The van der Waals surface area contributed by atoms with Crippen LogP contribution in [0.4, 0.5) is 0 Å². The molecule has 3 aromatic heterocycles. The van der Waals surface area contributed by atoms with Crippen LogP contribution in [-0.4, -0.2) is 19.9 Å². The van der Waals surface area contributed by atoms with E-state index in [-0.39, 0.29) is 0 Å². The lowest BCUT2D eigenvalue weighted by Gasteiger charge is -2.02. The molecule has 0 unspecified atom stereocenters. The molecule has 0 radical (unpaired) electrons. The van der Waals surface area contributed by atoms with Gasteiger partial charge in [0, 0.05) is 11.9 Å². The highest BCUT2D eigenvalue weighted by atomic mass is 32.2. The van der Waals surface area contributed by atoms with E-state index < -0.39 is 0 Å². The van der Waals surface area contributed by atoms with Crippen molar-refractivity contribution >= 4 is 22.8 Å². The van der Waals surface area contributed by atoms with Gasteiger partial charge in [-0.15, -0.1) is 0 Å². The van der Waals surface area contributed by atoms with Gasteiger partial charge in [0.15, 0.2) is 0 Å². The maximum Gasteiger partial charge on any atom is 0.142 e. The van der Waals surface area contributed by atoms with Crippen molar-refractivity contribution < 1.29 is 0 Å². The van der Waals surface area contributed by atoms with Gasteiger partial charge in [0.1, 0.15) is 21.5 Å². The maximum absolute atomic E-state index is 4.50. The molecule has 0 bridgehead atoms. The third kappa shape index (κ3) is 2.09. The van der Waals surface area contributed by atoms with Crippen molar-refractivity contribution in [1.82, 2.24) is 19.9 Å². The molecule has 0 saturated carbocycles. The van der Waals surface area contributed by atoms with Gasteiger partial charge in [-0.05, 0) is 43.8 Å². The second-order valence-electron chi connectivity index (χ2n) is 4.06. The highest BCUT2D eigenvalue weighted by molar-refractivity contribution is 7.99. The number of fused-ring (bicyclic) bond motifs is 1. The molecule has 90 valence electrons. The molecular formula is C13H12N4S. The summed E-state index contributed by atoms with van der Waals surface area (Å²) >= 11 is 1.56. The van der Waals surface area contributed by atoms with Crippen molar-refractivity contribution in [2.45, 2.75) is 23.9 Å². The molecule has 3 aromatic rings. The number of hydrogen-bond acceptors (Lipinski definition) is 4. The second-order valence-corrected chi connectivity index (χ2v) is 5.07. The number of nitrogens with zero attached hydrogens (tertiary/aromatic N) is 3. The van der Waals surface area contributed by atoms with Crippen molar-refractivity contribution in [2.75, 3.05) is 0 Å². The van der Waals surface area contributed by atoms with E-state index in [1.807, 2.05) is 32.0 Å². The summed E-state index contributed by atoms with van der Waals surface area (Å²) < 4.78 is 0. The van der Waals surface area contributed by atoms with Crippen LogP contribution < -0.4 is 0 Å². The lowest BCUT2D eigenvalue weighted by Crippen LogP contribution is -1.91. The number of pyridine rings is 1. The molecule has 0 atom stereocenters. The molecule has 0 aliphatic carbocycles. The van der Waals surface area contributed by atoms with E-state index >= 15 is 0 Å². The van der Waals surface area contributed by atoms with Crippen LogP contribution in [0.2, 0.25) is 0 Å². The Labute approximate surface area is 109 Å². The average Bonchev–Trinajstić information content (AvgIpc) is 2.71. The minimum Gasteiger partial charge on any atom is -0.343 e. The van der Waals surface area contributed by atoms with Gasteiger partial charge in [0.2, 0.25) is 0 Å². The molecule has 0 saturated heterocycles. The molecule has 1 N–H and O–H groups in total. The lowest BCUT2D eigenvalue weighted by atomic mass is 10.4. The Morgan fingerprint density at radius 1 is 1.17 bits per heavy atom. The molecule has 5 heteroatoms. The molecule has 0 aromatic carbocycles. The highest BCUT2D eigenvalue weighted by Gasteiger charge is 2.10. The van der Waals surface area contributed by atoms with Crippen LogP contribution in [0.5, 0.6) is 0 Å². The Morgan fingerprint density at radius 2 is 2.06 bits per heavy atom. The number of H-pyrrole nitrogens is 1. The van der Waals surface area contributed by atoms with Gasteiger partial charge >= 0.3 is 0 Å². The van der Waals surface area contributed by atoms with Crippen LogP contribution in [0.1, 0.15) is 11.5 Å². The van der Waals surface area contributed by atoms with E-state index in [1.54, 1.807) is 18.0 Å². The van der Waals surface area contributed by atoms with E-state index in [9.17, 15) is 0 Å². The van der Waals surface area contributed by atoms with Gasteiger partial charge in [0.25, 0.3) is 0 Å². The molecule has 0 aliphatic rings. The molecule has 0 aliphatic heterocycles. The zero-order valence-electron chi connectivity index (χ0n) is 10.1. The normalized spacial score (nSPS) is 11.0. The topological polar surface area (TPSA) is 54.5 Å². The first kappa shape index (κ1) is 11.2. The van der Waals surface area contributed by atoms with Crippen LogP contribution in [0, 0.1) is 13.8 Å². The molecule has 18 heavy (non-hydrogen) atoms. The van der Waals surface area contributed by atoms with Gasteiger partial charge in [-0.1, -0.05) is 6.07 Å². The van der Waals surface area contributed by atoms with Crippen LogP contribution in [0.3, 0.4) is 0 Å². The molecule has 3 rings (SSSR count). The molecule has 3 heterocycles. The largest absolute Gasteiger partial charge is 0.343 e. The Morgan fingerprint density at radius 3 is 2.83 bits per heavy atom. The fourth-order valence-electron chi connectivity index (χ4n) is 1.80. The maximum atomic E-state index is 4.50. The average molecular weight is 256 g/mol. The zero-order valence-corrected chi connectivity index (χ0v) is 11.0. The lowest BCUT2D eigenvalue weighted by molar-refractivity contribution is 0.999. The van der Waals surface area contributed by atoms with Gasteiger partial charge in [-0.25, -0.2) is 15.0 Å². The minimum absolute atomic E-state index is 0.766. The fraction of sp³-hybridized carbons (Fsp3) is 0.154. The SMILES string of the molecule is Cc1nc(Sc2ccccn2)c2cc(C)[nH]c2n1. The Kier molecular flexibility index (Phi) is 2.76. The van der Waals surface area contributed by atoms with Gasteiger partial charge in [-0.2, -0.15) is 0 Å². The summed E-state index contributed by atoms with van der Waals surface area (Å²) in [4.78, 5) is 16.5. The van der Waals surface area contributed by atoms with E-state index in [4.69, 9.17) is 0 Å². The van der Waals surface area contributed by atoms with Crippen molar-refractivity contribution in [1.29, 1.82) is 0 Å². The number of rotatable bonds is 2. The van der Waals surface area contributed by atoms with Gasteiger partial charge in [0.05, 0.1) is 5.39 Å². The van der Waals surface area contributed by atoms with Crippen LogP contribution in [0.15, 0.2) is 40.5 Å². The predicted molar refractivity (Wildman–Crippen MR) is 71.7 cm³/mol. The molecule has 4 nitrogen and oxygen atoms in total. The molecule has 0 spiro atoms. The van der Waals surface area contributed by atoms with Crippen molar-refractivity contribution in [2.24, 2.45) is 0 Å². The van der Waals surface area contributed by atoms with E-state index in [2.05, 4.69) is 26.0 Å². The van der Waals surface area contributed by atoms with Crippen molar-refractivity contribution in [3.63, 3.8) is 0 Å². The Balaban J connectivity index is 2.10. The third-order valence-electron chi connectivity index (χ3n) is 2.54. The number of nitrogens with one attached hydrogen (secondary N) is 1. The monoisotopic (exact) mass is 256 g/mol. The summed E-state index contributed by atoms with van der Waals surface area (Å²) in [6.07, 6.45) is 1.79. The first-order valence-corrected chi connectivity index (χ1v) is 6.47. The first-order chi connectivity index (χ1) is 8.72. The highest BCUT2D eigenvalue weighted by Crippen LogP contribution is 2.30. The number of aryl methyl sites for hydroxylation is 2. The summed E-state index contributed by atoms with van der Waals surface area (Å²) in [5.41, 5.74) is 1.98. The first-order valence-electron chi connectivity index (χ1n) is 5.65. The Bertz CT molecular complexity index is 691. The van der Waals surface area contributed by atoms with E-state index in [1.165, 1.54) is 0 Å². The van der Waals surface area contributed by atoms with Crippen molar-refractivity contribution in [3.05, 3.63) is 42.0 Å². The number of aromatic amines is 1. The predicted octanol–water partition coefficient (Wildman–Crippen LogP) is 3.12. The van der Waals surface area contributed by atoms with Gasteiger partial charge < -0.3 is 4.98 Å². The quantitative estimate of drug-likeness (QED) is 0.716. The molecule has 0 amide bonds. The minimum atomic E-state index is 0.766. The van der Waals surface area contributed by atoms with E-state index in [0.717, 1.165) is 32.6 Å². The van der Waals surface area contributed by atoms with Crippen molar-refractivity contribution in [3.8, 4) is 0 Å². The summed E-state index contributed by atoms with van der Waals surface area (Å²) in [5, 5.41) is 2.94. The van der Waals surface area contributed by atoms with Crippen LogP contribution >= 0.6 is 11.8 Å². The standard InChI is InChI=1S/C13H12N4S/c1-8-7-10-12(15-8)16-9(2)17-13(10)18-11-5-3-4-6-14-11/h3-7H,1-2H3,(H,15,16,17). The molecular weight excluding hydrogens is 244 g/mol. The zero-order chi connectivity index (χ0) is 12.5. The van der Waals surface area contributed by atoms with Crippen LogP contribution in [-0.2, 0) is 0 Å². The van der Waals surface area contributed by atoms with E-state index in [0.29, 0.717) is 0 Å². The smallest absolute Gasteiger partial charge is 0.142 e. The fourth-order valence-corrected chi connectivity index (χ4v) is 2.71. The summed E-state index contributed by atoms with van der Waals surface area (Å²) in [5.74, 6) is 0.766. The number of aromatic nitrogens is 4. The second kappa shape index (κ2) is 4.42. The van der Waals surface area contributed by atoms with Gasteiger partial charge in [-0.3, -0.25) is 0 Å². The third-order valence-corrected chi connectivity index (χ3v) is 3.49. The van der Waals surface area contributed by atoms with Crippen LogP contribution in [0.25, 0.3) is 11.0 Å².